The van der Waals surface area contributed by atoms with E-state index in [1.165, 1.54) is 13.0 Å². The van der Waals surface area contributed by atoms with Crippen molar-refractivity contribution < 1.29 is 9.18 Å². The number of carbonyl (C=O) groups is 1. The third-order valence-electron chi connectivity index (χ3n) is 3.55. The van der Waals surface area contributed by atoms with Crippen molar-refractivity contribution >= 4 is 17.2 Å². The van der Waals surface area contributed by atoms with Crippen molar-refractivity contribution in [2.24, 2.45) is 0 Å². The highest BCUT2D eigenvalue weighted by molar-refractivity contribution is 5.99. The number of rotatable bonds is 7. The monoisotopic (exact) mass is 300 g/mol. The molecule has 0 radical (unpaired) electrons. The van der Waals surface area contributed by atoms with Crippen LogP contribution in [0.3, 0.4) is 0 Å². The van der Waals surface area contributed by atoms with E-state index < -0.39 is 5.82 Å². The molecule has 0 saturated carbocycles. The summed E-state index contributed by atoms with van der Waals surface area (Å²) < 4.78 is 13.7. The van der Waals surface area contributed by atoms with E-state index in [1.807, 2.05) is 25.2 Å². The molecule has 0 aliphatic heterocycles. The smallest absolute Gasteiger partial charge is 0.164 e. The maximum Gasteiger partial charge on any atom is 0.164 e. The number of para-hydroxylation sites is 1. The highest BCUT2D eigenvalue weighted by atomic mass is 19.1. The molecule has 0 spiro atoms. The van der Waals surface area contributed by atoms with Crippen LogP contribution in [0.5, 0.6) is 0 Å². The van der Waals surface area contributed by atoms with Gasteiger partial charge in [-0.15, -0.1) is 0 Å². The van der Waals surface area contributed by atoms with E-state index in [-0.39, 0.29) is 11.3 Å². The second kappa shape index (κ2) is 7.59. The van der Waals surface area contributed by atoms with Crippen LogP contribution >= 0.6 is 0 Å². The molecule has 0 fully saturated rings. The van der Waals surface area contributed by atoms with Gasteiger partial charge in [0.25, 0.3) is 0 Å². The van der Waals surface area contributed by atoms with Crippen molar-refractivity contribution in [1.29, 1.82) is 0 Å². The van der Waals surface area contributed by atoms with E-state index in [0.29, 0.717) is 12.2 Å². The number of halogens is 1. The van der Waals surface area contributed by atoms with Crippen LogP contribution in [-0.2, 0) is 0 Å². The van der Waals surface area contributed by atoms with Gasteiger partial charge in [0.2, 0.25) is 0 Å². The SMILES string of the molecule is CC(=O)c1c(F)cccc1NCCCN(C)c1ccccc1. The third kappa shape index (κ3) is 4.07. The second-order valence-corrected chi connectivity index (χ2v) is 5.26. The predicted octanol–water partition coefficient (Wildman–Crippen LogP) is 3.97. The number of Topliss-reactive ketones (excluding diaryl/α,β-unsaturated/α-hetero) is 1. The minimum Gasteiger partial charge on any atom is -0.384 e. The van der Waals surface area contributed by atoms with E-state index in [4.69, 9.17) is 0 Å². The Kier molecular flexibility index (Phi) is 5.53. The maximum absolute atomic E-state index is 13.7. The van der Waals surface area contributed by atoms with Gasteiger partial charge in [0.15, 0.2) is 5.78 Å². The Morgan fingerprint density at radius 2 is 1.86 bits per heavy atom. The summed E-state index contributed by atoms with van der Waals surface area (Å²) in [5.41, 5.74) is 1.87. The fraction of sp³-hybridized carbons (Fsp3) is 0.278. The molecule has 22 heavy (non-hydrogen) atoms. The van der Waals surface area contributed by atoms with Gasteiger partial charge in [-0.1, -0.05) is 24.3 Å². The Hall–Kier alpha value is -2.36. The van der Waals surface area contributed by atoms with Crippen molar-refractivity contribution in [3.05, 3.63) is 59.9 Å². The van der Waals surface area contributed by atoms with Crippen LogP contribution in [0.15, 0.2) is 48.5 Å². The first-order valence-electron chi connectivity index (χ1n) is 7.39. The zero-order chi connectivity index (χ0) is 15.9. The minimum atomic E-state index is -0.473. The highest BCUT2D eigenvalue weighted by Crippen LogP contribution is 2.19. The zero-order valence-electron chi connectivity index (χ0n) is 13.0. The molecular weight excluding hydrogens is 279 g/mol. The van der Waals surface area contributed by atoms with Gasteiger partial charge in [-0.2, -0.15) is 0 Å². The molecule has 4 heteroatoms. The molecule has 0 aromatic heterocycles. The summed E-state index contributed by atoms with van der Waals surface area (Å²) in [6, 6.07) is 14.8. The van der Waals surface area contributed by atoms with Crippen molar-refractivity contribution in [3.63, 3.8) is 0 Å². The first-order chi connectivity index (χ1) is 10.6. The van der Waals surface area contributed by atoms with Gasteiger partial charge in [0.1, 0.15) is 5.82 Å². The van der Waals surface area contributed by atoms with Crippen LogP contribution in [0.2, 0.25) is 0 Å². The summed E-state index contributed by atoms with van der Waals surface area (Å²) in [5.74, 6) is -0.735. The Bertz CT molecular complexity index is 628. The van der Waals surface area contributed by atoms with Gasteiger partial charge in [-0.25, -0.2) is 4.39 Å². The van der Waals surface area contributed by atoms with Gasteiger partial charge in [0.05, 0.1) is 5.56 Å². The molecule has 116 valence electrons. The average Bonchev–Trinajstić information content (AvgIpc) is 2.52. The summed E-state index contributed by atoms with van der Waals surface area (Å²) in [7, 11) is 2.04. The molecule has 0 heterocycles. The molecule has 0 saturated heterocycles. The molecule has 0 atom stereocenters. The van der Waals surface area contributed by atoms with E-state index >= 15 is 0 Å². The zero-order valence-corrected chi connectivity index (χ0v) is 13.0. The number of ketones is 1. The summed E-state index contributed by atoms with van der Waals surface area (Å²) in [6.45, 7) is 2.94. The normalized spacial score (nSPS) is 10.3. The molecule has 2 aromatic carbocycles. The summed E-state index contributed by atoms with van der Waals surface area (Å²) in [6.07, 6.45) is 0.888. The third-order valence-corrected chi connectivity index (χ3v) is 3.55. The largest absolute Gasteiger partial charge is 0.384 e. The standard InChI is InChI=1S/C18H21FN2O/c1-14(22)18-16(19)10-6-11-17(18)20-12-7-13-21(2)15-8-4-3-5-9-15/h3-6,8-11,20H,7,12-13H2,1-2H3. The lowest BCUT2D eigenvalue weighted by Crippen LogP contribution is -2.21. The van der Waals surface area contributed by atoms with Crippen LogP contribution < -0.4 is 10.2 Å². The highest BCUT2D eigenvalue weighted by Gasteiger charge is 2.12. The van der Waals surface area contributed by atoms with Gasteiger partial charge in [-0.05, 0) is 37.6 Å². The first kappa shape index (κ1) is 16.0. The Morgan fingerprint density at radius 3 is 2.55 bits per heavy atom. The van der Waals surface area contributed by atoms with Crippen LogP contribution in [0, 0.1) is 5.82 Å². The Morgan fingerprint density at radius 1 is 1.14 bits per heavy atom. The lowest BCUT2D eigenvalue weighted by Gasteiger charge is -2.19. The van der Waals surface area contributed by atoms with Crippen molar-refractivity contribution in [1.82, 2.24) is 0 Å². The van der Waals surface area contributed by atoms with Crippen molar-refractivity contribution in [3.8, 4) is 0 Å². The van der Waals surface area contributed by atoms with E-state index in [0.717, 1.165) is 18.7 Å². The topological polar surface area (TPSA) is 32.3 Å². The molecule has 0 aliphatic carbocycles. The minimum absolute atomic E-state index is 0.138. The van der Waals surface area contributed by atoms with E-state index in [1.54, 1.807) is 12.1 Å². The number of nitrogens with zero attached hydrogens (tertiary/aromatic N) is 1. The number of benzene rings is 2. The second-order valence-electron chi connectivity index (χ2n) is 5.26. The number of hydrogen-bond donors (Lipinski definition) is 1. The Balaban J connectivity index is 1.87. The van der Waals surface area contributed by atoms with Crippen LogP contribution in [0.1, 0.15) is 23.7 Å². The quantitative estimate of drug-likeness (QED) is 0.620. The van der Waals surface area contributed by atoms with Gasteiger partial charge >= 0.3 is 0 Å². The summed E-state index contributed by atoms with van der Waals surface area (Å²) >= 11 is 0. The fourth-order valence-corrected chi connectivity index (χ4v) is 2.38. The average molecular weight is 300 g/mol. The number of hydrogen-bond acceptors (Lipinski definition) is 3. The molecule has 2 rings (SSSR count). The Labute approximate surface area is 130 Å². The molecular formula is C18H21FN2O. The molecule has 0 bridgehead atoms. The molecule has 3 nitrogen and oxygen atoms in total. The first-order valence-corrected chi connectivity index (χ1v) is 7.39. The lowest BCUT2D eigenvalue weighted by atomic mass is 10.1. The van der Waals surface area contributed by atoms with E-state index in [2.05, 4.69) is 22.3 Å². The van der Waals surface area contributed by atoms with Gasteiger partial charge in [0, 0.05) is 31.5 Å². The van der Waals surface area contributed by atoms with Gasteiger partial charge in [-0.3, -0.25) is 4.79 Å². The fourth-order valence-electron chi connectivity index (χ4n) is 2.38. The summed E-state index contributed by atoms with van der Waals surface area (Å²) in [5, 5.41) is 3.15. The lowest BCUT2D eigenvalue weighted by molar-refractivity contribution is 0.101. The molecule has 0 unspecified atom stereocenters. The van der Waals surface area contributed by atoms with Crippen LogP contribution in [0.4, 0.5) is 15.8 Å². The number of anilines is 2. The van der Waals surface area contributed by atoms with Crippen LogP contribution in [-0.4, -0.2) is 25.9 Å². The van der Waals surface area contributed by atoms with Crippen molar-refractivity contribution in [2.45, 2.75) is 13.3 Å². The molecule has 1 N–H and O–H groups in total. The molecule has 0 amide bonds. The summed E-state index contributed by atoms with van der Waals surface area (Å²) in [4.78, 5) is 13.7. The number of carbonyl (C=O) groups excluding carboxylic acids is 1. The molecule has 2 aromatic rings. The van der Waals surface area contributed by atoms with Crippen molar-refractivity contribution in [2.75, 3.05) is 30.4 Å². The maximum atomic E-state index is 13.7. The van der Waals surface area contributed by atoms with Gasteiger partial charge < -0.3 is 10.2 Å². The van der Waals surface area contributed by atoms with Crippen LogP contribution in [0.25, 0.3) is 0 Å². The van der Waals surface area contributed by atoms with E-state index in [9.17, 15) is 9.18 Å². The number of nitrogens with one attached hydrogen (secondary N) is 1. The molecule has 0 aliphatic rings. The predicted molar refractivity (Wildman–Crippen MR) is 89.2 cm³/mol.